The Hall–Kier alpha value is -1.16. The van der Waals surface area contributed by atoms with Gasteiger partial charge in [0, 0.05) is 26.2 Å². The molecular formula is C15H26N4. The fourth-order valence-electron chi connectivity index (χ4n) is 2.39. The summed E-state index contributed by atoms with van der Waals surface area (Å²) in [6.45, 7) is 12.2. The number of aromatic nitrogens is 2. The van der Waals surface area contributed by atoms with Crippen molar-refractivity contribution in [3.05, 3.63) is 17.8 Å². The van der Waals surface area contributed by atoms with Crippen LogP contribution in [0.5, 0.6) is 0 Å². The van der Waals surface area contributed by atoms with Gasteiger partial charge < -0.3 is 4.90 Å². The normalized spacial score (nSPS) is 17.2. The van der Waals surface area contributed by atoms with Gasteiger partial charge in [-0.2, -0.15) is 5.10 Å². The highest BCUT2D eigenvalue weighted by atomic mass is 15.3. The van der Waals surface area contributed by atoms with Crippen LogP contribution in [0, 0.1) is 0 Å². The molecule has 0 amide bonds. The fourth-order valence-corrected chi connectivity index (χ4v) is 2.39. The van der Waals surface area contributed by atoms with E-state index in [-0.39, 0.29) is 0 Å². The molecular weight excluding hydrogens is 236 g/mol. The maximum Gasteiger partial charge on any atom is 0.151 e. The highest BCUT2D eigenvalue weighted by Crippen LogP contribution is 2.16. The molecule has 0 radical (unpaired) electrons. The van der Waals surface area contributed by atoms with Crippen LogP contribution in [0.25, 0.3) is 0 Å². The van der Waals surface area contributed by atoms with Gasteiger partial charge in [0.05, 0.1) is 5.69 Å². The lowest BCUT2D eigenvalue weighted by Gasteiger charge is -2.35. The summed E-state index contributed by atoms with van der Waals surface area (Å²) < 4.78 is 0. The predicted molar refractivity (Wildman–Crippen MR) is 79.7 cm³/mol. The quantitative estimate of drug-likeness (QED) is 0.816. The molecule has 1 aromatic heterocycles. The molecule has 19 heavy (non-hydrogen) atoms. The summed E-state index contributed by atoms with van der Waals surface area (Å²) >= 11 is 0. The maximum absolute atomic E-state index is 4.37. The number of rotatable bonds is 5. The number of nitrogens with zero attached hydrogens (tertiary/aromatic N) is 4. The second kappa shape index (κ2) is 6.85. The van der Waals surface area contributed by atoms with Crippen molar-refractivity contribution in [2.45, 2.75) is 39.5 Å². The van der Waals surface area contributed by atoms with Gasteiger partial charge in [0.1, 0.15) is 0 Å². The van der Waals surface area contributed by atoms with Crippen LogP contribution in [-0.2, 0) is 0 Å². The molecule has 0 atom stereocenters. The smallest absolute Gasteiger partial charge is 0.151 e. The van der Waals surface area contributed by atoms with Crippen LogP contribution in [0.15, 0.2) is 12.1 Å². The van der Waals surface area contributed by atoms with E-state index in [9.17, 15) is 0 Å². The van der Waals surface area contributed by atoms with Gasteiger partial charge in [-0.3, -0.25) is 4.90 Å². The van der Waals surface area contributed by atoms with E-state index in [4.69, 9.17) is 0 Å². The summed E-state index contributed by atoms with van der Waals surface area (Å²) in [6, 6.07) is 4.22. The van der Waals surface area contributed by atoms with Crippen LogP contribution in [-0.4, -0.2) is 47.8 Å². The summed E-state index contributed by atoms with van der Waals surface area (Å²) in [4.78, 5) is 4.90. The summed E-state index contributed by atoms with van der Waals surface area (Å²) in [5.41, 5.74) is 1.07. The van der Waals surface area contributed by atoms with Crippen LogP contribution >= 0.6 is 0 Å². The zero-order valence-corrected chi connectivity index (χ0v) is 12.5. The minimum absolute atomic E-state index is 0.451. The molecule has 1 aliphatic heterocycles. The first-order chi connectivity index (χ1) is 9.20. The van der Waals surface area contributed by atoms with Gasteiger partial charge in [-0.15, -0.1) is 5.10 Å². The van der Waals surface area contributed by atoms with Crippen molar-refractivity contribution in [2.75, 3.05) is 37.6 Å². The number of anilines is 1. The summed E-state index contributed by atoms with van der Waals surface area (Å²) in [5, 5.41) is 8.68. The molecule has 0 N–H and O–H groups in total. The number of hydrogen-bond acceptors (Lipinski definition) is 4. The Kier molecular flexibility index (Phi) is 5.14. The summed E-state index contributed by atoms with van der Waals surface area (Å²) in [7, 11) is 0. The van der Waals surface area contributed by atoms with Crippen LogP contribution in [0.1, 0.15) is 45.2 Å². The van der Waals surface area contributed by atoms with Gasteiger partial charge in [-0.05, 0) is 31.0 Å². The number of unbranched alkanes of at least 4 members (excludes halogenated alkanes) is 1. The van der Waals surface area contributed by atoms with E-state index in [2.05, 4.69) is 52.9 Å². The zero-order valence-electron chi connectivity index (χ0n) is 12.5. The van der Waals surface area contributed by atoms with E-state index in [1.165, 1.54) is 19.4 Å². The monoisotopic (exact) mass is 262 g/mol. The largest absolute Gasteiger partial charge is 0.353 e. The molecule has 0 unspecified atom stereocenters. The molecule has 1 aromatic rings. The summed E-state index contributed by atoms with van der Waals surface area (Å²) in [5.74, 6) is 1.48. The fraction of sp³-hybridized carbons (Fsp3) is 0.733. The van der Waals surface area contributed by atoms with Gasteiger partial charge in [0.25, 0.3) is 0 Å². The first-order valence-corrected chi connectivity index (χ1v) is 7.51. The standard InChI is InChI=1S/C15H26N4/c1-4-5-8-18-9-11-19(12-10-18)15-7-6-14(13(2)3)16-17-15/h6-7,13H,4-5,8-12H2,1-3H3. The minimum atomic E-state index is 0.451. The SMILES string of the molecule is CCCCN1CCN(c2ccc(C(C)C)nn2)CC1. The second-order valence-corrected chi connectivity index (χ2v) is 5.65. The van der Waals surface area contributed by atoms with Crippen LogP contribution < -0.4 is 4.90 Å². The van der Waals surface area contributed by atoms with E-state index in [0.29, 0.717) is 5.92 Å². The molecule has 1 fully saturated rings. The van der Waals surface area contributed by atoms with E-state index in [1.54, 1.807) is 0 Å². The molecule has 4 heteroatoms. The van der Waals surface area contributed by atoms with Crippen LogP contribution in [0.2, 0.25) is 0 Å². The molecule has 4 nitrogen and oxygen atoms in total. The molecule has 0 saturated carbocycles. The Labute approximate surface area is 116 Å². The van der Waals surface area contributed by atoms with Crippen molar-refractivity contribution in [1.82, 2.24) is 15.1 Å². The van der Waals surface area contributed by atoms with Gasteiger partial charge >= 0.3 is 0 Å². The molecule has 0 aliphatic carbocycles. The maximum atomic E-state index is 4.37. The summed E-state index contributed by atoms with van der Waals surface area (Å²) in [6.07, 6.45) is 2.59. The van der Waals surface area contributed by atoms with Crippen molar-refractivity contribution in [3.63, 3.8) is 0 Å². The molecule has 1 aliphatic rings. The van der Waals surface area contributed by atoms with Crippen molar-refractivity contribution < 1.29 is 0 Å². The molecule has 0 bridgehead atoms. The Morgan fingerprint density at radius 3 is 2.37 bits per heavy atom. The van der Waals surface area contributed by atoms with Crippen molar-refractivity contribution in [2.24, 2.45) is 0 Å². The second-order valence-electron chi connectivity index (χ2n) is 5.65. The first kappa shape index (κ1) is 14.3. The minimum Gasteiger partial charge on any atom is -0.353 e. The highest BCUT2D eigenvalue weighted by Gasteiger charge is 2.17. The van der Waals surface area contributed by atoms with Crippen LogP contribution in [0.3, 0.4) is 0 Å². The molecule has 2 rings (SSSR count). The van der Waals surface area contributed by atoms with Crippen molar-refractivity contribution >= 4 is 5.82 Å². The van der Waals surface area contributed by atoms with E-state index >= 15 is 0 Å². The van der Waals surface area contributed by atoms with E-state index < -0.39 is 0 Å². The molecule has 106 valence electrons. The molecule has 0 spiro atoms. The lowest BCUT2D eigenvalue weighted by Crippen LogP contribution is -2.47. The zero-order chi connectivity index (χ0) is 13.7. The average molecular weight is 262 g/mol. The van der Waals surface area contributed by atoms with E-state index in [0.717, 1.165) is 37.7 Å². The molecule has 0 aromatic carbocycles. The Morgan fingerprint density at radius 2 is 1.84 bits per heavy atom. The van der Waals surface area contributed by atoms with Gasteiger partial charge in [-0.1, -0.05) is 27.2 Å². The van der Waals surface area contributed by atoms with Gasteiger partial charge in [0.15, 0.2) is 5.82 Å². The topological polar surface area (TPSA) is 32.3 Å². The predicted octanol–water partition coefficient (Wildman–Crippen LogP) is 2.52. The molecule has 2 heterocycles. The average Bonchev–Trinajstić information content (AvgIpc) is 2.46. The highest BCUT2D eigenvalue weighted by molar-refractivity contribution is 5.38. The Bertz CT molecular complexity index is 366. The Morgan fingerprint density at radius 1 is 1.11 bits per heavy atom. The van der Waals surface area contributed by atoms with Crippen LogP contribution in [0.4, 0.5) is 5.82 Å². The van der Waals surface area contributed by atoms with Crippen molar-refractivity contribution in [1.29, 1.82) is 0 Å². The Balaban J connectivity index is 1.87. The third-order valence-electron chi connectivity index (χ3n) is 3.79. The lowest BCUT2D eigenvalue weighted by molar-refractivity contribution is 0.253. The number of piperazine rings is 1. The first-order valence-electron chi connectivity index (χ1n) is 7.51. The number of hydrogen-bond donors (Lipinski definition) is 0. The van der Waals surface area contributed by atoms with Gasteiger partial charge in [0.2, 0.25) is 0 Å². The van der Waals surface area contributed by atoms with E-state index in [1.807, 2.05) is 0 Å². The third kappa shape index (κ3) is 3.90. The molecule has 1 saturated heterocycles. The third-order valence-corrected chi connectivity index (χ3v) is 3.79. The van der Waals surface area contributed by atoms with Crippen molar-refractivity contribution in [3.8, 4) is 0 Å². The lowest BCUT2D eigenvalue weighted by atomic mass is 10.1. The van der Waals surface area contributed by atoms with Gasteiger partial charge in [-0.25, -0.2) is 0 Å².